The summed E-state index contributed by atoms with van der Waals surface area (Å²) in [6, 6.07) is 5.46. The highest BCUT2D eigenvalue weighted by Crippen LogP contribution is 2.38. The van der Waals surface area contributed by atoms with Crippen LogP contribution in [-0.2, 0) is 9.84 Å². The Morgan fingerprint density at radius 3 is 2.30 bits per heavy atom. The van der Waals surface area contributed by atoms with Crippen LogP contribution < -0.4 is 4.74 Å². The maximum atomic E-state index is 12.0. The van der Waals surface area contributed by atoms with E-state index in [-0.39, 0.29) is 28.0 Å². The molecule has 0 spiro atoms. The normalized spacial score (nSPS) is 23.5. The van der Waals surface area contributed by atoms with Crippen LogP contribution in [-0.4, -0.2) is 26.3 Å². The summed E-state index contributed by atoms with van der Waals surface area (Å²) in [5, 5.41) is 0. The molecule has 2 atom stereocenters. The van der Waals surface area contributed by atoms with Crippen LogP contribution in [0.25, 0.3) is 0 Å². The molecule has 3 nitrogen and oxygen atoms in total. The molecule has 1 saturated heterocycles. The minimum Gasteiger partial charge on any atom is -0.406 e. The summed E-state index contributed by atoms with van der Waals surface area (Å²) in [4.78, 5) is -0.195. The third kappa shape index (κ3) is 4.12. The standard InChI is InChI=1S/C12H12BrF3O3S/c13-11(9-5-6-20(17,18)7-9)8-1-3-10(4-2-8)19-12(14,15)16/h1-4,9,11H,5-7H2. The van der Waals surface area contributed by atoms with Crippen LogP contribution in [0.3, 0.4) is 0 Å². The molecular formula is C12H12BrF3O3S. The van der Waals surface area contributed by atoms with E-state index in [9.17, 15) is 21.6 Å². The fourth-order valence-electron chi connectivity index (χ4n) is 2.18. The summed E-state index contributed by atoms with van der Waals surface area (Å²) >= 11 is 3.42. The van der Waals surface area contributed by atoms with Gasteiger partial charge in [-0.2, -0.15) is 0 Å². The molecule has 0 aliphatic carbocycles. The second-order valence-electron chi connectivity index (χ2n) is 4.68. The number of alkyl halides is 4. The molecule has 0 saturated carbocycles. The van der Waals surface area contributed by atoms with E-state index in [2.05, 4.69) is 20.7 Å². The van der Waals surface area contributed by atoms with Gasteiger partial charge < -0.3 is 4.74 Å². The van der Waals surface area contributed by atoms with Gasteiger partial charge in [0.15, 0.2) is 9.84 Å². The van der Waals surface area contributed by atoms with Crippen LogP contribution in [0.2, 0.25) is 0 Å². The van der Waals surface area contributed by atoms with Crippen LogP contribution >= 0.6 is 15.9 Å². The van der Waals surface area contributed by atoms with E-state index in [4.69, 9.17) is 0 Å². The Morgan fingerprint density at radius 2 is 1.85 bits per heavy atom. The Hall–Kier alpha value is -0.760. The number of hydrogen-bond acceptors (Lipinski definition) is 3. The van der Waals surface area contributed by atoms with E-state index < -0.39 is 16.2 Å². The van der Waals surface area contributed by atoms with Gasteiger partial charge in [-0.15, -0.1) is 13.2 Å². The van der Waals surface area contributed by atoms with Crippen molar-refractivity contribution >= 4 is 25.8 Å². The predicted molar refractivity (Wildman–Crippen MR) is 71.6 cm³/mol. The van der Waals surface area contributed by atoms with Crippen molar-refractivity contribution < 1.29 is 26.3 Å². The fraction of sp³-hybridized carbons (Fsp3) is 0.500. The molecule has 1 aliphatic rings. The molecule has 1 heterocycles. The molecule has 112 valence electrons. The van der Waals surface area contributed by atoms with Gasteiger partial charge >= 0.3 is 6.36 Å². The molecule has 2 rings (SSSR count). The summed E-state index contributed by atoms with van der Waals surface area (Å²) in [5.41, 5.74) is 0.738. The monoisotopic (exact) mass is 372 g/mol. The topological polar surface area (TPSA) is 43.4 Å². The summed E-state index contributed by atoms with van der Waals surface area (Å²) in [6.45, 7) is 0. The van der Waals surface area contributed by atoms with E-state index in [1.165, 1.54) is 24.3 Å². The van der Waals surface area contributed by atoms with E-state index in [1.54, 1.807) is 0 Å². The van der Waals surface area contributed by atoms with Crippen molar-refractivity contribution in [2.45, 2.75) is 17.6 Å². The molecule has 20 heavy (non-hydrogen) atoms. The van der Waals surface area contributed by atoms with Gasteiger partial charge in [0, 0.05) is 4.83 Å². The lowest BCUT2D eigenvalue weighted by atomic mass is 9.99. The fourth-order valence-corrected chi connectivity index (χ4v) is 5.02. The maximum Gasteiger partial charge on any atom is 0.573 e. The summed E-state index contributed by atoms with van der Waals surface area (Å²) in [5.74, 6) is -0.0898. The lowest BCUT2D eigenvalue weighted by Crippen LogP contribution is -2.17. The van der Waals surface area contributed by atoms with Crippen LogP contribution in [0.15, 0.2) is 24.3 Å². The highest BCUT2D eigenvalue weighted by atomic mass is 79.9. The molecule has 2 unspecified atom stereocenters. The lowest BCUT2D eigenvalue weighted by Gasteiger charge is -2.17. The molecule has 0 amide bonds. The second kappa shape index (κ2) is 5.55. The first-order chi connectivity index (χ1) is 9.16. The third-order valence-corrected chi connectivity index (χ3v) is 6.18. The van der Waals surface area contributed by atoms with Gasteiger partial charge in [0.2, 0.25) is 0 Å². The molecule has 0 radical (unpaired) electrons. The van der Waals surface area contributed by atoms with Crippen molar-refractivity contribution in [3.05, 3.63) is 29.8 Å². The lowest BCUT2D eigenvalue weighted by molar-refractivity contribution is -0.274. The molecule has 1 fully saturated rings. The van der Waals surface area contributed by atoms with Crippen LogP contribution in [0.1, 0.15) is 16.8 Å². The third-order valence-electron chi connectivity index (χ3n) is 3.11. The summed E-state index contributed by atoms with van der Waals surface area (Å²) in [6.07, 6.45) is -4.16. The Labute approximate surface area is 123 Å². The zero-order chi connectivity index (χ0) is 15.0. The summed E-state index contributed by atoms with van der Waals surface area (Å²) < 4.78 is 62.7. The van der Waals surface area contributed by atoms with Crippen molar-refractivity contribution in [2.24, 2.45) is 5.92 Å². The Kier molecular flexibility index (Phi) is 4.34. The number of benzene rings is 1. The first-order valence-electron chi connectivity index (χ1n) is 5.86. The first-order valence-corrected chi connectivity index (χ1v) is 8.60. The van der Waals surface area contributed by atoms with Crippen LogP contribution in [0, 0.1) is 5.92 Å². The summed E-state index contributed by atoms with van der Waals surface area (Å²) in [7, 11) is -2.98. The Balaban J connectivity index is 2.06. The van der Waals surface area contributed by atoms with Gasteiger partial charge in [0.25, 0.3) is 0 Å². The molecular weight excluding hydrogens is 361 g/mol. The van der Waals surface area contributed by atoms with E-state index >= 15 is 0 Å². The number of sulfone groups is 1. The van der Waals surface area contributed by atoms with E-state index in [0.717, 1.165) is 5.56 Å². The van der Waals surface area contributed by atoms with Gasteiger partial charge in [-0.05, 0) is 30.0 Å². The number of hydrogen-bond donors (Lipinski definition) is 0. The van der Waals surface area contributed by atoms with Crippen molar-refractivity contribution in [3.63, 3.8) is 0 Å². The van der Waals surface area contributed by atoms with Gasteiger partial charge in [-0.3, -0.25) is 0 Å². The molecule has 8 heteroatoms. The van der Waals surface area contributed by atoms with Crippen molar-refractivity contribution in [1.29, 1.82) is 0 Å². The van der Waals surface area contributed by atoms with Crippen molar-refractivity contribution in [2.75, 3.05) is 11.5 Å². The predicted octanol–water partition coefficient (Wildman–Crippen LogP) is 3.46. The molecule has 0 aromatic heterocycles. The van der Waals surface area contributed by atoms with Crippen LogP contribution in [0.4, 0.5) is 13.2 Å². The van der Waals surface area contributed by atoms with Crippen LogP contribution in [0.5, 0.6) is 5.75 Å². The number of halogens is 4. The second-order valence-corrected chi connectivity index (χ2v) is 7.90. The average molecular weight is 373 g/mol. The smallest absolute Gasteiger partial charge is 0.406 e. The molecule has 1 aliphatic heterocycles. The van der Waals surface area contributed by atoms with Gasteiger partial charge in [0.1, 0.15) is 5.75 Å². The maximum absolute atomic E-state index is 12.0. The highest BCUT2D eigenvalue weighted by Gasteiger charge is 2.34. The highest BCUT2D eigenvalue weighted by molar-refractivity contribution is 9.09. The quantitative estimate of drug-likeness (QED) is 0.763. The van der Waals surface area contributed by atoms with Gasteiger partial charge in [0.05, 0.1) is 11.5 Å². The van der Waals surface area contributed by atoms with E-state index in [0.29, 0.717) is 6.42 Å². The molecule has 1 aromatic rings. The Morgan fingerprint density at radius 1 is 1.25 bits per heavy atom. The average Bonchev–Trinajstić information content (AvgIpc) is 2.68. The largest absolute Gasteiger partial charge is 0.573 e. The minimum absolute atomic E-state index is 0.0608. The molecule has 0 N–H and O–H groups in total. The number of rotatable bonds is 3. The number of ether oxygens (including phenoxy) is 1. The van der Waals surface area contributed by atoms with Gasteiger partial charge in [-0.1, -0.05) is 28.1 Å². The zero-order valence-corrected chi connectivity index (χ0v) is 12.6. The molecule has 1 aromatic carbocycles. The van der Waals surface area contributed by atoms with Gasteiger partial charge in [-0.25, -0.2) is 8.42 Å². The minimum atomic E-state index is -4.71. The molecule has 0 bridgehead atoms. The van der Waals surface area contributed by atoms with Crippen molar-refractivity contribution in [3.8, 4) is 5.75 Å². The first kappa shape index (κ1) is 15.6. The van der Waals surface area contributed by atoms with E-state index in [1.807, 2.05) is 0 Å². The Bertz CT molecular complexity index is 569. The SMILES string of the molecule is O=S1(=O)CCC(C(Br)c2ccc(OC(F)(F)F)cc2)C1. The zero-order valence-electron chi connectivity index (χ0n) is 10.2. The van der Waals surface area contributed by atoms with Crippen molar-refractivity contribution in [1.82, 2.24) is 0 Å².